The topological polar surface area (TPSA) is 96.9 Å². The molecule has 20 heavy (non-hydrogen) atoms. The predicted octanol–water partition coefficient (Wildman–Crippen LogP) is 0.330. The summed E-state index contributed by atoms with van der Waals surface area (Å²) in [7, 11) is -3.74. The van der Waals surface area contributed by atoms with Crippen LogP contribution in [0.1, 0.15) is 12.8 Å². The summed E-state index contributed by atoms with van der Waals surface area (Å²) < 4.78 is 28.1. The van der Waals surface area contributed by atoms with Crippen LogP contribution in [0.3, 0.4) is 0 Å². The van der Waals surface area contributed by atoms with E-state index in [1.807, 2.05) is 10.8 Å². The van der Waals surface area contributed by atoms with Gasteiger partial charge in [-0.2, -0.15) is 0 Å². The molecule has 0 atom stereocenters. The second kappa shape index (κ2) is 6.49. The second-order valence-corrected chi connectivity index (χ2v) is 6.01. The molecule has 0 fully saturated rings. The van der Waals surface area contributed by atoms with Gasteiger partial charge in [-0.1, -0.05) is 0 Å². The summed E-state index contributed by atoms with van der Waals surface area (Å²) in [5.41, 5.74) is -0.519. The van der Waals surface area contributed by atoms with Gasteiger partial charge in [0.2, 0.25) is 15.5 Å². The normalized spacial score (nSPS) is 11.6. The van der Waals surface area contributed by atoms with Crippen LogP contribution in [0, 0.1) is 0 Å². The lowest BCUT2D eigenvalue weighted by Gasteiger charge is -2.06. The molecule has 0 amide bonds. The van der Waals surface area contributed by atoms with E-state index in [2.05, 4.69) is 14.7 Å². The number of aromatic nitrogens is 3. The van der Waals surface area contributed by atoms with Crippen LogP contribution >= 0.6 is 0 Å². The monoisotopic (exact) mass is 296 g/mol. The molecule has 0 bridgehead atoms. The van der Waals surface area contributed by atoms with Gasteiger partial charge in [-0.25, -0.2) is 18.1 Å². The molecule has 2 aromatic rings. The van der Waals surface area contributed by atoms with Crippen molar-refractivity contribution in [2.24, 2.45) is 0 Å². The molecule has 0 aliphatic carbocycles. The third-order valence-electron chi connectivity index (χ3n) is 2.77. The zero-order valence-electron chi connectivity index (χ0n) is 10.8. The summed E-state index contributed by atoms with van der Waals surface area (Å²) in [4.78, 5) is 17.7. The fourth-order valence-electron chi connectivity index (χ4n) is 1.73. The Hall–Kier alpha value is -1.93. The quantitative estimate of drug-likeness (QED) is 0.720. The van der Waals surface area contributed by atoms with Crippen molar-refractivity contribution in [1.29, 1.82) is 0 Å². The average molecular weight is 296 g/mol. The van der Waals surface area contributed by atoms with Crippen LogP contribution < -0.4 is 10.2 Å². The molecule has 2 heterocycles. The maximum Gasteiger partial charge on any atom is 0.245 e. The van der Waals surface area contributed by atoms with Crippen LogP contribution in [0.2, 0.25) is 0 Å². The number of H-pyrrole nitrogens is 1. The first-order valence-electron chi connectivity index (χ1n) is 6.22. The lowest BCUT2D eigenvalue weighted by molar-refractivity contribution is 0.565. The Bertz CT molecular complexity index is 691. The molecule has 0 aliphatic heterocycles. The summed E-state index contributed by atoms with van der Waals surface area (Å²) in [5, 5.41) is 0. The molecular formula is C12H16N4O3S. The third-order valence-corrected chi connectivity index (χ3v) is 4.25. The van der Waals surface area contributed by atoms with Gasteiger partial charge in [-0.05, 0) is 12.8 Å². The number of hydrogen-bond acceptors (Lipinski definition) is 4. The van der Waals surface area contributed by atoms with Gasteiger partial charge in [-0.3, -0.25) is 4.79 Å². The van der Waals surface area contributed by atoms with E-state index in [0.29, 0.717) is 13.0 Å². The number of sulfonamides is 1. The van der Waals surface area contributed by atoms with Gasteiger partial charge < -0.3 is 9.55 Å². The largest absolute Gasteiger partial charge is 0.366 e. The van der Waals surface area contributed by atoms with Crippen molar-refractivity contribution in [2.75, 3.05) is 6.54 Å². The molecule has 0 aromatic carbocycles. The van der Waals surface area contributed by atoms with E-state index in [-0.39, 0.29) is 4.90 Å². The summed E-state index contributed by atoms with van der Waals surface area (Å²) >= 11 is 0. The van der Waals surface area contributed by atoms with Crippen molar-refractivity contribution in [3.8, 4) is 0 Å². The van der Waals surface area contributed by atoms with E-state index in [9.17, 15) is 13.2 Å². The van der Waals surface area contributed by atoms with E-state index < -0.39 is 15.5 Å². The molecule has 8 heteroatoms. The van der Waals surface area contributed by atoms with E-state index in [1.54, 1.807) is 12.5 Å². The fraction of sp³-hybridized carbons (Fsp3) is 0.333. The summed E-state index contributed by atoms with van der Waals surface area (Å²) in [6.45, 7) is 1.08. The van der Waals surface area contributed by atoms with E-state index in [0.717, 1.165) is 13.0 Å². The van der Waals surface area contributed by atoms with Crippen molar-refractivity contribution < 1.29 is 8.42 Å². The zero-order chi connectivity index (χ0) is 14.4. The van der Waals surface area contributed by atoms with Gasteiger partial charge in [0, 0.05) is 43.9 Å². The van der Waals surface area contributed by atoms with E-state index >= 15 is 0 Å². The van der Waals surface area contributed by atoms with Crippen LogP contribution in [0.15, 0.2) is 46.9 Å². The first-order valence-corrected chi connectivity index (χ1v) is 7.70. The zero-order valence-corrected chi connectivity index (χ0v) is 11.6. The SMILES string of the molecule is O=c1cc[nH]cc1S(=O)(=O)NCCCCn1ccnc1. The van der Waals surface area contributed by atoms with Gasteiger partial charge in [0.25, 0.3) is 0 Å². The molecular weight excluding hydrogens is 280 g/mol. The number of nitrogens with zero attached hydrogens (tertiary/aromatic N) is 2. The van der Waals surface area contributed by atoms with Crippen LogP contribution in [0.25, 0.3) is 0 Å². The third kappa shape index (κ3) is 3.78. The summed E-state index contributed by atoms with van der Waals surface area (Å²) in [6, 6.07) is 1.19. The molecule has 108 valence electrons. The molecule has 0 saturated carbocycles. The van der Waals surface area contributed by atoms with Crippen molar-refractivity contribution in [3.63, 3.8) is 0 Å². The highest BCUT2D eigenvalue weighted by Crippen LogP contribution is 2.01. The van der Waals surface area contributed by atoms with E-state index in [4.69, 9.17) is 0 Å². The molecule has 0 unspecified atom stereocenters. The number of aromatic amines is 1. The van der Waals surface area contributed by atoms with Crippen molar-refractivity contribution in [3.05, 3.63) is 47.4 Å². The second-order valence-electron chi connectivity index (χ2n) is 4.28. The van der Waals surface area contributed by atoms with Crippen molar-refractivity contribution in [1.82, 2.24) is 19.3 Å². The molecule has 2 N–H and O–H groups in total. The van der Waals surface area contributed by atoms with Gasteiger partial charge >= 0.3 is 0 Å². The highest BCUT2D eigenvalue weighted by Gasteiger charge is 2.16. The Morgan fingerprint density at radius 1 is 1.35 bits per heavy atom. The van der Waals surface area contributed by atoms with Crippen LogP contribution in [-0.2, 0) is 16.6 Å². The van der Waals surface area contributed by atoms with Crippen LogP contribution in [-0.4, -0.2) is 29.5 Å². The standard InChI is InChI=1S/C12H16N4O3S/c17-11-3-5-13-9-12(11)20(18,19)15-4-1-2-7-16-8-6-14-10-16/h3,5-6,8-10,15H,1-2,4,7H2,(H,13,17). The Balaban J connectivity index is 1.81. The minimum Gasteiger partial charge on any atom is -0.366 e. The summed E-state index contributed by atoms with van der Waals surface area (Å²) in [5.74, 6) is 0. The molecule has 2 aromatic heterocycles. The maximum absolute atomic E-state index is 11.9. The van der Waals surface area contributed by atoms with Gasteiger partial charge in [0.05, 0.1) is 6.33 Å². The first-order chi connectivity index (χ1) is 9.59. The number of rotatable bonds is 7. The summed E-state index contributed by atoms with van der Waals surface area (Å²) in [6.07, 6.45) is 9.36. The number of imidazole rings is 1. The number of nitrogens with one attached hydrogen (secondary N) is 2. The average Bonchev–Trinajstić information content (AvgIpc) is 2.91. The van der Waals surface area contributed by atoms with Crippen molar-refractivity contribution >= 4 is 10.0 Å². The lowest BCUT2D eigenvalue weighted by Crippen LogP contribution is -2.29. The van der Waals surface area contributed by atoms with Gasteiger partial charge in [-0.15, -0.1) is 0 Å². The highest BCUT2D eigenvalue weighted by molar-refractivity contribution is 7.89. The van der Waals surface area contributed by atoms with Crippen LogP contribution in [0.4, 0.5) is 0 Å². The van der Waals surface area contributed by atoms with E-state index in [1.165, 1.54) is 18.5 Å². The maximum atomic E-state index is 11.9. The molecule has 2 rings (SSSR count). The minimum atomic E-state index is -3.74. The Labute approximate surface area is 116 Å². The highest BCUT2D eigenvalue weighted by atomic mass is 32.2. The molecule has 7 nitrogen and oxygen atoms in total. The number of pyridine rings is 1. The Morgan fingerprint density at radius 3 is 2.90 bits per heavy atom. The van der Waals surface area contributed by atoms with Gasteiger partial charge in [0.1, 0.15) is 4.90 Å². The Kier molecular flexibility index (Phi) is 4.70. The molecule has 0 spiro atoms. The van der Waals surface area contributed by atoms with Gasteiger partial charge in [0.15, 0.2) is 0 Å². The fourth-order valence-corrected chi connectivity index (χ4v) is 2.86. The smallest absolute Gasteiger partial charge is 0.245 e. The van der Waals surface area contributed by atoms with Crippen molar-refractivity contribution in [2.45, 2.75) is 24.3 Å². The lowest BCUT2D eigenvalue weighted by atomic mass is 10.3. The minimum absolute atomic E-state index is 0.255. The molecule has 0 saturated heterocycles. The number of unbranched alkanes of at least 4 members (excludes halogenated alkanes) is 1. The van der Waals surface area contributed by atoms with Crippen LogP contribution in [0.5, 0.6) is 0 Å². The first kappa shape index (κ1) is 14.5. The number of hydrogen-bond donors (Lipinski definition) is 2. The number of aryl methyl sites for hydroxylation is 1. The molecule has 0 aliphatic rings. The Morgan fingerprint density at radius 2 is 2.20 bits per heavy atom. The predicted molar refractivity (Wildman–Crippen MR) is 73.7 cm³/mol. The molecule has 0 radical (unpaired) electrons.